The normalized spacial score (nSPS) is 20.1. The quantitative estimate of drug-likeness (QED) is 0.876. The van der Waals surface area contributed by atoms with Gasteiger partial charge >= 0.3 is 5.97 Å². The number of benzene rings is 1. The molecule has 118 valence electrons. The molecule has 0 unspecified atom stereocenters. The Kier molecular flexibility index (Phi) is 4.29. The number of ether oxygens (including phenoxy) is 2. The molecular formula is C16H20N2O4. The molecule has 2 aliphatic rings. The first-order valence-corrected chi connectivity index (χ1v) is 7.48. The van der Waals surface area contributed by atoms with E-state index in [1.165, 1.54) is 0 Å². The highest BCUT2D eigenvalue weighted by molar-refractivity contribution is 5.99. The molecule has 0 aliphatic carbocycles. The van der Waals surface area contributed by atoms with E-state index in [4.69, 9.17) is 19.6 Å². The van der Waals surface area contributed by atoms with Crippen molar-refractivity contribution in [3.05, 3.63) is 29.8 Å². The maximum Gasteiger partial charge on any atom is 0.341 e. The molecule has 1 spiro atoms. The number of aliphatic imine (C=N–C) groups is 1. The Morgan fingerprint density at radius 1 is 1.32 bits per heavy atom. The van der Waals surface area contributed by atoms with Gasteiger partial charge in [-0.25, -0.2) is 4.79 Å². The molecule has 2 N–H and O–H groups in total. The predicted molar refractivity (Wildman–Crippen MR) is 81.5 cm³/mol. The first-order chi connectivity index (χ1) is 10.7. The van der Waals surface area contributed by atoms with E-state index in [9.17, 15) is 4.79 Å². The zero-order chi connectivity index (χ0) is 15.4. The molecule has 0 bridgehead atoms. The third kappa shape index (κ3) is 3.39. The van der Waals surface area contributed by atoms with Gasteiger partial charge in [-0.15, -0.1) is 0 Å². The molecule has 1 fully saturated rings. The second kappa shape index (κ2) is 6.36. The molecular weight excluding hydrogens is 284 g/mol. The second-order valence-electron chi connectivity index (χ2n) is 5.84. The average Bonchev–Trinajstić information content (AvgIpc) is 2.55. The fraction of sp³-hybridized carbons (Fsp3) is 0.500. The molecule has 1 aromatic rings. The number of amidine groups is 1. The SMILES string of the molecule is O=C(O)COc1ccc(C2=NCC3(CCOCC3)CN2)cc1. The minimum atomic E-state index is -0.982. The van der Waals surface area contributed by atoms with Crippen molar-refractivity contribution in [3.63, 3.8) is 0 Å². The summed E-state index contributed by atoms with van der Waals surface area (Å²) in [5.41, 5.74) is 1.23. The lowest BCUT2D eigenvalue weighted by Gasteiger charge is -2.39. The van der Waals surface area contributed by atoms with Gasteiger partial charge in [0.25, 0.3) is 0 Å². The number of carboxylic acids is 1. The Hall–Kier alpha value is -2.08. The summed E-state index contributed by atoms with van der Waals surface area (Å²) in [5.74, 6) is 0.453. The summed E-state index contributed by atoms with van der Waals surface area (Å²) >= 11 is 0. The molecule has 2 heterocycles. The zero-order valence-corrected chi connectivity index (χ0v) is 12.4. The number of carbonyl (C=O) groups is 1. The molecule has 0 saturated carbocycles. The number of rotatable bonds is 4. The molecule has 3 rings (SSSR count). The van der Waals surface area contributed by atoms with Crippen molar-refractivity contribution in [1.82, 2.24) is 5.32 Å². The smallest absolute Gasteiger partial charge is 0.341 e. The lowest BCUT2D eigenvalue weighted by Crippen LogP contribution is -2.47. The van der Waals surface area contributed by atoms with Crippen molar-refractivity contribution in [1.29, 1.82) is 0 Å². The van der Waals surface area contributed by atoms with Gasteiger partial charge < -0.3 is 19.9 Å². The Labute approximate surface area is 129 Å². The lowest BCUT2D eigenvalue weighted by atomic mass is 9.79. The van der Waals surface area contributed by atoms with Crippen LogP contribution in [-0.2, 0) is 9.53 Å². The maximum absolute atomic E-state index is 10.5. The number of nitrogens with one attached hydrogen (secondary N) is 1. The number of aliphatic carboxylic acids is 1. The van der Waals surface area contributed by atoms with Crippen molar-refractivity contribution >= 4 is 11.8 Å². The van der Waals surface area contributed by atoms with E-state index in [2.05, 4.69) is 5.32 Å². The van der Waals surface area contributed by atoms with E-state index >= 15 is 0 Å². The number of carboxylic acid groups (broad SMARTS) is 1. The third-order valence-electron chi connectivity index (χ3n) is 4.25. The van der Waals surface area contributed by atoms with Crippen LogP contribution in [-0.4, -0.2) is 49.8 Å². The number of nitrogens with zero attached hydrogens (tertiary/aromatic N) is 1. The maximum atomic E-state index is 10.5. The van der Waals surface area contributed by atoms with E-state index in [-0.39, 0.29) is 12.0 Å². The Morgan fingerprint density at radius 2 is 2.05 bits per heavy atom. The summed E-state index contributed by atoms with van der Waals surface area (Å²) in [5, 5.41) is 12.0. The molecule has 6 heteroatoms. The van der Waals surface area contributed by atoms with Gasteiger partial charge in [-0.2, -0.15) is 0 Å². The summed E-state index contributed by atoms with van der Waals surface area (Å²) in [4.78, 5) is 15.2. The van der Waals surface area contributed by atoms with E-state index in [0.29, 0.717) is 5.75 Å². The molecule has 0 amide bonds. The van der Waals surface area contributed by atoms with Gasteiger partial charge in [0.15, 0.2) is 6.61 Å². The standard InChI is InChI=1S/C16H20N2O4/c19-14(20)9-22-13-3-1-12(2-4-13)15-17-10-16(11-18-15)5-7-21-8-6-16/h1-4H,5-11H2,(H,17,18)(H,19,20). The van der Waals surface area contributed by atoms with Crippen LogP contribution in [0.2, 0.25) is 0 Å². The zero-order valence-electron chi connectivity index (χ0n) is 12.4. The van der Waals surface area contributed by atoms with Crippen LogP contribution in [0, 0.1) is 5.41 Å². The molecule has 0 aromatic heterocycles. The monoisotopic (exact) mass is 304 g/mol. The van der Waals surface area contributed by atoms with Gasteiger partial charge in [-0.05, 0) is 37.1 Å². The second-order valence-corrected chi connectivity index (χ2v) is 5.84. The first kappa shape index (κ1) is 14.8. The summed E-state index contributed by atoms with van der Waals surface area (Å²) in [7, 11) is 0. The van der Waals surface area contributed by atoms with Crippen molar-refractivity contribution in [2.24, 2.45) is 10.4 Å². The summed E-state index contributed by atoms with van der Waals surface area (Å²) in [6.45, 7) is 3.07. The lowest BCUT2D eigenvalue weighted by molar-refractivity contribution is -0.139. The van der Waals surface area contributed by atoms with E-state index in [1.807, 2.05) is 12.1 Å². The Balaban J connectivity index is 1.63. The minimum absolute atomic E-state index is 0.242. The van der Waals surface area contributed by atoms with Crippen LogP contribution in [0.1, 0.15) is 18.4 Å². The van der Waals surface area contributed by atoms with Crippen molar-refractivity contribution < 1.29 is 19.4 Å². The fourth-order valence-corrected chi connectivity index (χ4v) is 2.82. The van der Waals surface area contributed by atoms with Crippen LogP contribution in [0.5, 0.6) is 5.75 Å². The van der Waals surface area contributed by atoms with Gasteiger partial charge in [0.05, 0.1) is 0 Å². The first-order valence-electron chi connectivity index (χ1n) is 7.48. The topological polar surface area (TPSA) is 80.2 Å². The highest BCUT2D eigenvalue weighted by atomic mass is 16.5. The van der Waals surface area contributed by atoms with Crippen LogP contribution >= 0.6 is 0 Å². The van der Waals surface area contributed by atoms with E-state index in [1.54, 1.807) is 12.1 Å². The van der Waals surface area contributed by atoms with E-state index < -0.39 is 5.97 Å². The van der Waals surface area contributed by atoms with Crippen LogP contribution in [0.3, 0.4) is 0 Å². The van der Waals surface area contributed by atoms with Crippen molar-refractivity contribution in [3.8, 4) is 5.75 Å². The van der Waals surface area contributed by atoms with Gasteiger partial charge in [-0.3, -0.25) is 4.99 Å². The van der Waals surface area contributed by atoms with Gasteiger partial charge in [0.1, 0.15) is 11.6 Å². The fourth-order valence-electron chi connectivity index (χ4n) is 2.82. The molecule has 1 saturated heterocycles. The molecule has 22 heavy (non-hydrogen) atoms. The van der Waals surface area contributed by atoms with E-state index in [0.717, 1.165) is 50.5 Å². The minimum Gasteiger partial charge on any atom is -0.482 e. The van der Waals surface area contributed by atoms with Gasteiger partial charge in [0.2, 0.25) is 0 Å². The largest absolute Gasteiger partial charge is 0.482 e. The molecule has 0 atom stereocenters. The average molecular weight is 304 g/mol. The summed E-state index contributed by atoms with van der Waals surface area (Å²) in [6.07, 6.45) is 2.11. The summed E-state index contributed by atoms with van der Waals surface area (Å²) in [6, 6.07) is 7.32. The molecule has 2 aliphatic heterocycles. The Bertz CT molecular complexity index is 562. The number of hydrogen-bond acceptors (Lipinski definition) is 5. The predicted octanol–water partition coefficient (Wildman–Crippen LogP) is 1.30. The van der Waals surface area contributed by atoms with Gasteiger partial charge in [-0.1, -0.05) is 0 Å². The van der Waals surface area contributed by atoms with Crippen LogP contribution in [0.15, 0.2) is 29.3 Å². The Morgan fingerprint density at radius 3 is 2.64 bits per heavy atom. The van der Waals surface area contributed by atoms with Crippen LogP contribution in [0.4, 0.5) is 0 Å². The highest BCUT2D eigenvalue weighted by Crippen LogP contribution is 2.32. The third-order valence-corrected chi connectivity index (χ3v) is 4.25. The van der Waals surface area contributed by atoms with Crippen LogP contribution in [0.25, 0.3) is 0 Å². The van der Waals surface area contributed by atoms with Gasteiger partial charge in [0, 0.05) is 37.3 Å². The van der Waals surface area contributed by atoms with Crippen LogP contribution < -0.4 is 10.1 Å². The summed E-state index contributed by atoms with van der Waals surface area (Å²) < 4.78 is 10.6. The highest BCUT2D eigenvalue weighted by Gasteiger charge is 2.35. The van der Waals surface area contributed by atoms with Crippen molar-refractivity contribution in [2.75, 3.05) is 32.9 Å². The van der Waals surface area contributed by atoms with Crippen molar-refractivity contribution in [2.45, 2.75) is 12.8 Å². The molecule has 1 aromatic carbocycles. The number of hydrogen-bond donors (Lipinski definition) is 2. The molecule has 0 radical (unpaired) electrons. The molecule has 6 nitrogen and oxygen atoms in total.